The van der Waals surface area contributed by atoms with Crippen molar-refractivity contribution in [1.29, 1.82) is 0 Å². The highest BCUT2D eigenvalue weighted by Gasteiger charge is 2.29. The summed E-state index contributed by atoms with van der Waals surface area (Å²) in [5.74, 6) is -0.286. The van der Waals surface area contributed by atoms with E-state index < -0.39 is 4.92 Å². The lowest BCUT2D eigenvalue weighted by atomic mass is 10.1. The Bertz CT molecular complexity index is 548. The lowest BCUT2D eigenvalue weighted by molar-refractivity contribution is -0.385. The molecule has 2 N–H and O–H groups in total. The molecule has 1 aromatic heterocycles. The molecule has 8 heteroatoms. The molecule has 1 amide bonds. The second-order valence-electron chi connectivity index (χ2n) is 4.99. The van der Waals surface area contributed by atoms with Crippen molar-refractivity contribution in [2.45, 2.75) is 13.0 Å². The fourth-order valence-electron chi connectivity index (χ4n) is 2.33. The third-order valence-electron chi connectivity index (χ3n) is 3.44. The smallest absolute Gasteiger partial charge is 0.288 e. The quantitative estimate of drug-likeness (QED) is 0.618. The SMILES string of the molecule is CC1CN(C)CCN1C(=O)c1cc([N+](=O)[O-])cnc1N. The Morgan fingerprint density at radius 1 is 1.55 bits per heavy atom. The molecule has 2 rings (SSSR count). The third-order valence-corrected chi connectivity index (χ3v) is 3.44. The summed E-state index contributed by atoms with van der Waals surface area (Å²) >= 11 is 0. The molecule has 1 unspecified atom stereocenters. The number of carbonyl (C=O) groups excluding carboxylic acids is 1. The summed E-state index contributed by atoms with van der Waals surface area (Å²) in [6, 6.07) is 1.22. The molecular formula is C12H17N5O3. The monoisotopic (exact) mass is 279 g/mol. The van der Waals surface area contributed by atoms with Crippen molar-refractivity contribution >= 4 is 17.4 Å². The van der Waals surface area contributed by atoms with Crippen molar-refractivity contribution in [2.24, 2.45) is 0 Å². The molecule has 1 aliphatic heterocycles. The minimum absolute atomic E-state index is 0.0201. The van der Waals surface area contributed by atoms with Gasteiger partial charge in [0.1, 0.15) is 12.0 Å². The van der Waals surface area contributed by atoms with Gasteiger partial charge >= 0.3 is 0 Å². The predicted octanol–water partition coefficient (Wildman–Crippen LogP) is 0.348. The van der Waals surface area contributed by atoms with Gasteiger partial charge in [0.25, 0.3) is 11.6 Å². The number of likely N-dealkylation sites (N-methyl/N-ethyl adjacent to an activating group) is 1. The molecule has 0 aliphatic carbocycles. The molecule has 8 nitrogen and oxygen atoms in total. The van der Waals surface area contributed by atoms with Gasteiger partial charge in [-0.05, 0) is 14.0 Å². The third kappa shape index (κ3) is 2.69. The van der Waals surface area contributed by atoms with E-state index in [9.17, 15) is 14.9 Å². The fourth-order valence-corrected chi connectivity index (χ4v) is 2.33. The zero-order valence-corrected chi connectivity index (χ0v) is 11.4. The molecule has 1 saturated heterocycles. The molecule has 0 bridgehead atoms. The Hall–Kier alpha value is -2.22. The number of nitro groups is 1. The van der Waals surface area contributed by atoms with Gasteiger partial charge in [-0.3, -0.25) is 14.9 Å². The Morgan fingerprint density at radius 3 is 2.85 bits per heavy atom. The zero-order chi connectivity index (χ0) is 14.9. The number of nitrogens with two attached hydrogens (primary N) is 1. The zero-order valence-electron chi connectivity index (χ0n) is 11.4. The van der Waals surface area contributed by atoms with E-state index in [-0.39, 0.29) is 29.0 Å². The molecule has 2 heterocycles. The van der Waals surface area contributed by atoms with Gasteiger partial charge in [0.15, 0.2) is 0 Å². The van der Waals surface area contributed by atoms with Crippen molar-refractivity contribution in [1.82, 2.24) is 14.8 Å². The molecule has 1 aromatic rings. The van der Waals surface area contributed by atoms with E-state index in [2.05, 4.69) is 9.88 Å². The minimum Gasteiger partial charge on any atom is -0.383 e. The van der Waals surface area contributed by atoms with Crippen molar-refractivity contribution < 1.29 is 9.72 Å². The van der Waals surface area contributed by atoms with Crippen LogP contribution in [0.15, 0.2) is 12.3 Å². The fraction of sp³-hybridized carbons (Fsp3) is 0.500. The number of piperazine rings is 1. The Balaban J connectivity index is 2.29. The summed E-state index contributed by atoms with van der Waals surface area (Å²) in [6.45, 7) is 4.03. The van der Waals surface area contributed by atoms with Gasteiger partial charge in [-0.25, -0.2) is 4.98 Å². The Morgan fingerprint density at radius 2 is 2.25 bits per heavy atom. The van der Waals surface area contributed by atoms with E-state index in [4.69, 9.17) is 5.73 Å². The molecule has 1 atom stereocenters. The van der Waals surface area contributed by atoms with E-state index in [0.717, 1.165) is 19.3 Å². The average molecular weight is 279 g/mol. The van der Waals surface area contributed by atoms with Crippen LogP contribution in [-0.2, 0) is 0 Å². The van der Waals surface area contributed by atoms with Crippen LogP contribution in [0.25, 0.3) is 0 Å². The van der Waals surface area contributed by atoms with Gasteiger partial charge < -0.3 is 15.5 Å². The maximum atomic E-state index is 12.5. The normalized spacial score (nSPS) is 19.9. The van der Waals surface area contributed by atoms with E-state index in [1.165, 1.54) is 6.07 Å². The minimum atomic E-state index is -0.587. The molecule has 1 aliphatic rings. The molecule has 0 aromatic carbocycles. The number of amides is 1. The van der Waals surface area contributed by atoms with E-state index in [1.54, 1.807) is 4.90 Å². The molecular weight excluding hydrogens is 262 g/mol. The molecule has 0 spiro atoms. The van der Waals surface area contributed by atoms with Crippen LogP contribution in [0.3, 0.4) is 0 Å². The first-order valence-corrected chi connectivity index (χ1v) is 6.29. The highest BCUT2D eigenvalue weighted by molar-refractivity contribution is 5.99. The Labute approximate surface area is 116 Å². The van der Waals surface area contributed by atoms with Crippen LogP contribution in [0.1, 0.15) is 17.3 Å². The first-order valence-electron chi connectivity index (χ1n) is 6.29. The van der Waals surface area contributed by atoms with Gasteiger partial charge in [0, 0.05) is 31.7 Å². The van der Waals surface area contributed by atoms with Crippen LogP contribution in [0.4, 0.5) is 11.5 Å². The Kier molecular flexibility index (Phi) is 3.84. The van der Waals surface area contributed by atoms with Crippen LogP contribution < -0.4 is 5.73 Å². The maximum absolute atomic E-state index is 12.5. The number of anilines is 1. The summed E-state index contributed by atoms with van der Waals surface area (Å²) in [6.07, 6.45) is 1.06. The lowest BCUT2D eigenvalue weighted by Gasteiger charge is -2.38. The van der Waals surface area contributed by atoms with Crippen LogP contribution in [0.2, 0.25) is 0 Å². The van der Waals surface area contributed by atoms with Crippen molar-refractivity contribution in [3.05, 3.63) is 27.9 Å². The second-order valence-corrected chi connectivity index (χ2v) is 4.99. The second kappa shape index (κ2) is 5.41. The summed E-state index contributed by atoms with van der Waals surface area (Å²) in [5, 5.41) is 10.8. The average Bonchev–Trinajstić information content (AvgIpc) is 2.38. The van der Waals surface area contributed by atoms with Crippen LogP contribution in [0.5, 0.6) is 0 Å². The van der Waals surface area contributed by atoms with Crippen LogP contribution >= 0.6 is 0 Å². The molecule has 20 heavy (non-hydrogen) atoms. The largest absolute Gasteiger partial charge is 0.383 e. The van der Waals surface area contributed by atoms with E-state index in [0.29, 0.717) is 6.54 Å². The summed E-state index contributed by atoms with van der Waals surface area (Å²) < 4.78 is 0. The maximum Gasteiger partial charge on any atom is 0.288 e. The van der Waals surface area contributed by atoms with Crippen molar-refractivity contribution in [3.8, 4) is 0 Å². The standard InChI is InChI=1S/C12H17N5O3/c1-8-7-15(2)3-4-16(8)12(18)10-5-9(17(19)20)6-14-11(10)13/h5-6,8H,3-4,7H2,1-2H3,(H2,13,14). The van der Waals surface area contributed by atoms with E-state index >= 15 is 0 Å². The molecule has 1 fully saturated rings. The lowest BCUT2D eigenvalue weighted by Crippen LogP contribution is -2.52. The van der Waals surface area contributed by atoms with Gasteiger partial charge in [-0.1, -0.05) is 0 Å². The summed E-state index contributed by atoms with van der Waals surface area (Å²) in [4.78, 5) is 30.2. The van der Waals surface area contributed by atoms with Crippen LogP contribution in [-0.4, -0.2) is 58.3 Å². The highest BCUT2D eigenvalue weighted by atomic mass is 16.6. The molecule has 108 valence electrons. The highest BCUT2D eigenvalue weighted by Crippen LogP contribution is 2.20. The van der Waals surface area contributed by atoms with Gasteiger partial charge in [0.05, 0.1) is 10.5 Å². The van der Waals surface area contributed by atoms with Crippen molar-refractivity contribution in [3.63, 3.8) is 0 Å². The topological polar surface area (TPSA) is 106 Å². The van der Waals surface area contributed by atoms with E-state index in [1.807, 2.05) is 14.0 Å². The summed E-state index contributed by atoms with van der Waals surface area (Å²) in [5.41, 5.74) is 5.54. The number of pyridine rings is 1. The number of carbonyl (C=O) groups is 1. The number of rotatable bonds is 2. The molecule has 0 radical (unpaired) electrons. The van der Waals surface area contributed by atoms with Crippen LogP contribution in [0, 0.1) is 10.1 Å². The first kappa shape index (κ1) is 14.2. The van der Waals surface area contributed by atoms with Crippen molar-refractivity contribution in [2.75, 3.05) is 32.4 Å². The van der Waals surface area contributed by atoms with Gasteiger partial charge in [-0.15, -0.1) is 0 Å². The van der Waals surface area contributed by atoms with Gasteiger partial charge in [0.2, 0.25) is 0 Å². The van der Waals surface area contributed by atoms with Gasteiger partial charge in [-0.2, -0.15) is 0 Å². The number of aromatic nitrogens is 1. The number of hydrogen-bond donors (Lipinski definition) is 1. The number of hydrogen-bond acceptors (Lipinski definition) is 6. The summed E-state index contributed by atoms with van der Waals surface area (Å²) in [7, 11) is 1.99. The molecule has 0 saturated carbocycles. The predicted molar refractivity (Wildman–Crippen MR) is 73.3 cm³/mol. The first-order chi connectivity index (χ1) is 9.40. The number of nitrogens with zero attached hydrogens (tertiary/aromatic N) is 4. The number of nitrogen functional groups attached to an aromatic ring is 1.